The Balaban J connectivity index is 1.95. The molecule has 0 N–H and O–H groups in total. The summed E-state index contributed by atoms with van der Waals surface area (Å²) in [5, 5.41) is 0.282. The third kappa shape index (κ3) is 4.48. The molecule has 1 amide bonds. The topological polar surface area (TPSA) is 60.9 Å². The number of likely N-dealkylation sites (N-methyl/N-ethyl adjacent to an activating group) is 1. The molecule has 1 aliphatic heterocycles. The smallest absolute Gasteiger partial charge is 0.264 e. The Morgan fingerprint density at radius 1 is 1.04 bits per heavy atom. The molecule has 0 saturated carbocycles. The van der Waals surface area contributed by atoms with Crippen molar-refractivity contribution in [2.24, 2.45) is 0 Å². The van der Waals surface area contributed by atoms with Crippen LogP contribution in [0.25, 0.3) is 0 Å². The molecule has 0 atom stereocenters. The molecular formula is C20H24ClN3O3S. The molecule has 8 heteroatoms. The number of hydrogen-bond donors (Lipinski definition) is 0. The third-order valence-corrected chi connectivity index (χ3v) is 6.96. The lowest BCUT2D eigenvalue weighted by atomic mass is 10.2. The molecule has 0 aliphatic carbocycles. The second kappa shape index (κ2) is 8.51. The zero-order valence-electron chi connectivity index (χ0n) is 16.0. The lowest BCUT2D eigenvalue weighted by Gasteiger charge is -2.34. The number of carbonyl (C=O) groups is 1. The van der Waals surface area contributed by atoms with Gasteiger partial charge in [0.05, 0.1) is 15.6 Å². The molecule has 150 valence electrons. The minimum absolute atomic E-state index is 0.129. The predicted molar refractivity (Wildman–Crippen MR) is 111 cm³/mol. The normalized spacial score (nSPS) is 15.5. The predicted octanol–water partition coefficient (Wildman–Crippen LogP) is 2.62. The van der Waals surface area contributed by atoms with E-state index < -0.39 is 10.0 Å². The van der Waals surface area contributed by atoms with Gasteiger partial charge in [0.15, 0.2) is 0 Å². The maximum absolute atomic E-state index is 13.4. The van der Waals surface area contributed by atoms with Crippen molar-refractivity contribution in [3.8, 4) is 0 Å². The molecule has 1 heterocycles. The summed E-state index contributed by atoms with van der Waals surface area (Å²) in [5.74, 6) is -0.233. The van der Waals surface area contributed by atoms with Crippen LogP contribution in [0.5, 0.6) is 0 Å². The van der Waals surface area contributed by atoms with Gasteiger partial charge in [-0.2, -0.15) is 0 Å². The fourth-order valence-electron chi connectivity index (χ4n) is 3.07. The highest BCUT2D eigenvalue weighted by molar-refractivity contribution is 7.92. The second-order valence-corrected chi connectivity index (χ2v) is 9.23. The molecular weight excluding hydrogens is 398 g/mol. The summed E-state index contributed by atoms with van der Waals surface area (Å²) in [5.41, 5.74) is 1.25. The van der Waals surface area contributed by atoms with Crippen LogP contribution in [0.2, 0.25) is 5.02 Å². The number of carbonyl (C=O) groups excluding carboxylic acids is 1. The van der Waals surface area contributed by atoms with Crippen molar-refractivity contribution in [2.75, 3.05) is 44.1 Å². The lowest BCUT2D eigenvalue weighted by Crippen LogP contribution is -2.50. The third-order valence-electron chi connectivity index (χ3n) is 4.86. The quantitative estimate of drug-likeness (QED) is 0.744. The van der Waals surface area contributed by atoms with Gasteiger partial charge < -0.3 is 9.80 Å². The van der Waals surface area contributed by atoms with Crippen molar-refractivity contribution >= 4 is 33.2 Å². The summed E-state index contributed by atoms with van der Waals surface area (Å²) in [4.78, 5) is 16.9. The van der Waals surface area contributed by atoms with Crippen LogP contribution in [0.15, 0.2) is 53.4 Å². The zero-order chi connectivity index (χ0) is 20.3. The Labute approximate surface area is 171 Å². The number of piperazine rings is 1. The van der Waals surface area contributed by atoms with E-state index in [-0.39, 0.29) is 22.4 Å². The van der Waals surface area contributed by atoms with Gasteiger partial charge in [0, 0.05) is 26.2 Å². The van der Waals surface area contributed by atoms with Gasteiger partial charge in [-0.1, -0.05) is 41.4 Å². The Bertz CT molecular complexity index is 939. The molecule has 28 heavy (non-hydrogen) atoms. The Morgan fingerprint density at radius 3 is 2.25 bits per heavy atom. The number of benzene rings is 2. The number of anilines is 1. The molecule has 0 radical (unpaired) electrons. The first-order valence-electron chi connectivity index (χ1n) is 9.09. The van der Waals surface area contributed by atoms with E-state index in [1.165, 1.54) is 0 Å². The van der Waals surface area contributed by atoms with Gasteiger partial charge in [-0.25, -0.2) is 8.42 Å². The Morgan fingerprint density at radius 2 is 1.64 bits per heavy atom. The van der Waals surface area contributed by atoms with Gasteiger partial charge in [-0.05, 0) is 38.2 Å². The molecule has 1 saturated heterocycles. The van der Waals surface area contributed by atoms with Crippen LogP contribution < -0.4 is 4.31 Å². The molecule has 1 aliphatic rings. The molecule has 1 fully saturated rings. The van der Waals surface area contributed by atoms with Crippen molar-refractivity contribution in [1.82, 2.24) is 9.80 Å². The molecule has 0 spiro atoms. The fraction of sp³-hybridized carbons (Fsp3) is 0.350. The highest BCUT2D eigenvalue weighted by Crippen LogP contribution is 2.30. The first-order valence-corrected chi connectivity index (χ1v) is 10.9. The first kappa shape index (κ1) is 20.6. The van der Waals surface area contributed by atoms with E-state index in [0.717, 1.165) is 23.0 Å². The number of halogens is 1. The van der Waals surface area contributed by atoms with Crippen molar-refractivity contribution in [3.05, 3.63) is 59.1 Å². The van der Waals surface area contributed by atoms with Crippen molar-refractivity contribution in [1.29, 1.82) is 0 Å². The largest absolute Gasteiger partial charge is 0.339 e. The second-order valence-electron chi connectivity index (χ2n) is 6.96. The van der Waals surface area contributed by atoms with Gasteiger partial charge in [-0.15, -0.1) is 0 Å². The first-order chi connectivity index (χ1) is 13.3. The van der Waals surface area contributed by atoms with Crippen LogP contribution in [0.3, 0.4) is 0 Å². The molecule has 3 rings (SSSR count). The van der Waals surface area contributed by atoms with Gasteiger partial charge in [-0.3, -0.25) is 9.10 Å². The van der Waals surface area contributed by atoms with Crippen LogP contribution in [-0.2, 0) is 14.8 Å². The minimum atomic E-state index is -3.95. The van der Waals surface area contributed by atoms with Gasteiger partial charge >= 0.3 is 0 Å². The summed E-state index contributed by atoms with van der Waals surface area (Å²) in [7, 11) is -1.95. The van der Waals surface area contributed by atoms with E-state index in [1.807, 2.05) is 14.0 Å². The molecule has 2 aromatic carbocycles. The van der Waals surface area contributed by atoms with E-state index in [2.05, 4.69) is 4.90 Å². The molecule has 0 bridgehead atoms. The maximum atomic E-state index is 13.4. The van der Waals surface area contributed by atoms with E-state index in [4.69, 9.17) is 11.6 Å². The highest BCUT2D eigenvalue weighted by atomic mass is 35.5. The minimum Gasteiger partial charge on any atom is -0.339 e. The number of rotatable bonds is 5. The zero-order valence-corrected chi connectivity index (χ0v) is 17.6. The van der Waals surface area contributed by atoms with E-state index in [1.54, 1.807) is 53.4 Å². The average molecular weight is 422 g/mol. The number of nitrogens with zero attached hydrogens (tertiary/aromatic N) is 3. The van der Waals surface area contributed by atoms with Gasteiger partial charge in [0.1, 0.15) is 6.54 Å². The van der Waals surface area contributed by atoms with Gasteiger partial charge in [0.2, 0.25) is 5.91 Å². The van der Waals surface area contributed by atoms with Crippen LogP contribution in [0.4, 0.5) is 5.69 Å². The maximum Gasteiger partial charge on any atom is 0.264 e. The van der Waals surface area contributed by atoms with Crippen LogP contribution in [0.1, 0.15) is 5.56 Å². The summed E-state index contributed by atoms with van der Waals surface area (Å²) >= 11 is 6.29. The van der Waals surface area contributed by atoms with Crippen molar-refractivity contribution in [2.45, 2.75) is 11.8 Å². The van der Waals surface area contributed by atoms with Gasteiger partial charge in [0.25, 0.3) is 10.0 Å². The summed E-state index contributed by atoms with van der Waals surface area (Å²) < 4.78 is 27.8. The molecule has 2 aromatic rings. The number of para-hydroxylation sites is 1. The monoisotopic (exact) mass is 421 g/mol. The van der Waals surface area contributed by atoms with E-state index in [0.29, 0.717) is 18.8 Å². The lowest BCUT2D eigenvalue weighted by molar-refractivity contribution is -0.131. The Kier molecular flexibility index (Phi) is 6.27. The van der Waals surface area contributed by atoms with Crippen molar-refractivity contribution in [3.63, 3.8) is 0 Å². The summed E-state index contributed by atoms with van der Waals surface area (Å²) in [6.07, 6.45) is 0. The van der Waals surface area contributed by atoms with Crippen LogP contribution >= 0.6 is 11.6 Å². The molecule has 0 aromatic heterocycles. The summed E-state index contributed by atoms with van der Waals surface area (Å²) in [6.45, 7) is 4.29. The molecule has 0 unspecified atom stereocenters. The van der Waals surface area contributed by atoms with Crippen LogP contribution in [-0.4, -0.2) is 63.9 Å². The Hall–Kier alpha value is -2.09. The number of aryl methyl sites for hydroxylation is 1. The van der Waals surface area contributed by atoms with Crippen molar-refractivity contribution < 1.29 is 13.2 Å². The molecule has 6 nitrogen and oxygen atoms in total. The average Bonchev–Trinajstić information content (AvgIpc) is 2.67. The summed E-state index contributed by atoms with van der Waals surface area (Å²) in [6, 6.07) is 13.2. The van der Waals surface area contributed by atoms with E-state index >= 15 is 0 Å². The number of amides is 1. The SMILES string of the molecule is Cc1ccc(S(=O)(=O)N(CC(=O)N2CCN(C)CC2)c2ccccc2Cl)cc1. The fourth-order valence-corrected chi connectivity index (χ4v) is 4.79. The van der Waals surface area contributed by atoms with Crippen LogP contribution in [0, 0.1) is 6.92 Å². The number of sulfonamides is 1. The van der Waals surface area contributed by atoms with E-state index in [9.17, 15) is 13.2 Å². The standard InChI is InChI=1S/C20H24ClN3O3S/c1-16-7-9-17(10-8-16)28(26,27)24(19-6-4-3-5-18(19)21)15-20(25)23-13-11-22(2)12-14-23/h3-10H,11-15H2,1-2H3. The highest BCUT2D eigenvalue weighted by Gasteiger charge is 2.30. The number of hydrogen-bond acceptors (Lipinski definition) is 4.